The molecule has 4 nitrogen and oxygen atoms in total. The molecule has 1 aliphatic heterocycles. The van der Waals surface area contributed by atoms with Crippen molar-refractivity contribution in [3.63, 3.8) is 0 Å². The van der Waals surface area contributed by atoms with Crippen LogP contribution in [-0.2, 0) is 4.79 Å². The molecule has 1 heterocycles. The topological polar surface area (TPSA) is 58.4 Å². The zero-order chi connectivity index (χ0) is 15.4. The molecular formula is C17H28ClN3O. The van der Waals surface area contributed by atoms with Crippen molar-refractivity contribution in [3.8, 4) is 0 Å². The van der Waals surface area contributed by atoms with Gasteiger partial charge in [0, 0.05) is 18.3 Å². The quantitative estimate of drug-likeness (QED) is 0.875. The van der Waals surface area contributed by atoms with Crippen LogP contribution >= 0.6 is 12.4 Å². The summed E-state index contributed by atoms with van der Waals surface area (Å²) in [6.45, 7) is 8.67. The van der Waals surface area contributed by atoms with E-state index in [1.807, 2.05) is 25.1 Å². The molecule has 1 aliphatic rings. The smallest absolute Gasteiger partial charge is 0.238 e. The molecule has 2 atom stereocenters. The normalized spacial score (nSPS) is 19.8. The van der Waals surface area contributed by atoms with Gasteiger partial charge in [-0.3, -0.25) is 9.69 Å². The number of hydrogen-bond donors (Lipinski definition) is 2. The second-order valence-corrected chi connectivity index (χ2v) is 6.43. The molecule has 1 saturated heterocycles. The lowest BCUT2D eigenvalue weighted by atomic mass is 10.0. The first-order chi connectivity index (χ1) is 9.97. The second-order valence-electron chi connectivity index (χ2n) is 6.43. The van der Waals surface area contributed by atoms with Gasteiger partial charge in [0.05, 0.1) is 6.54 Å². The van der Waals surface area contributed by atoms with Crippen molar-refractivity contribution in [2.75, 3.05) is 25.0 Å². The maximum absolute atomic E-state index is 12.2. The third kappa shape index (κ3) is 4.97. The van der Waals surface area contributed by atoms with Crippen molar-refractivity contribution < 1.29 is 4.79 Å². The standard InChI is InChI=1S/C17H27N3O.ClH/c1-12(2)15-6-4-5-7-16(15)19-17(21)11-20-9-8-14(10-20)13(3)18;/h4-7,12-14H,8-11,18H2,1-3H3,(H,19,21);1H. The molecule has 0 saturated carbocycles. The van der Waals surface area contributed by atoms with Crippen molar-refractivity contribution in [2.24, 2.45) is 11.7 Å². The Labute approximate surface area is 139 Å². The minimum absolute atomic E-state index is 0. The highest BCUT2D eigenvalue weighted by Crippen LogP contribution is 2.24. The fourth-order valence-corrected chi connectivity index (χ4v) is 2.94. The summed E-state index contributed by atoms with van der Waals surface area (Å²) < 4.78 is 0. The van der Waals surface area contributed by atoms with Gasteiger partial charge in [0.15, 0.2) is 0 Å². The summed E-state index contributed by atoms with van der Waals surface area (Å²) in [6, 6.07) is 8.23. The summed E-state index contributed by atoms with van der Waals surface area (Å²) in [5.74, 6) is 0.977. The van der Waals surface area contributed by atoms with Gasteiger partial charge in [-0.1, -0.05) is 32.0 Å². The molecule has 22 heavy (non-hydrogen) atoms. The van der Waals surface area contributed by atoms with Gasteiger partial charge < -0.3 is 11.1 Å². The number of anilines is 1. The van der Waals surface area contributed by atoms with E-state index >= 15 is 0 Å². The van der Waals surface area contributed by atoms with E-state index in [4.69, 9.17) is 5.73 Å². The summed E-state index contributed by atoms with van der Waals surface area (Å²) in [6.07, 6.45) is 1.09. The van der Waals surface area contributed by atoms with E-state index in [9.17, 15) is 4.79 Å². The van der Waals surface area contributed by atoms with Crippen LogP contribution in [0.1, 0.15) is 38.7 Å². The fraction of sp³-hybridized carbons (Fsp3) is 0.588. The number of rotatable bonds is 5. The van der Waals surface area contributed by atoms with Gasteiger partial charge in [-0.25, -0.2) is 0 Å². The zero-order valence-electron chi connectivity index (χ0n) is 13.7. The Balaban J connectivity index is 0.00000242. The number of amides is 1. The number of likely N-dealkylation sites (tertiary alicyclic amines) is 1. The van der Waals surface area contributed by atoms with Gasteiger partial charge in [-0.15, -0.1) is 12.4 Å². The highest BCUT2D eigenvalue weighted by molar-refractivity contribution is 5.93. The van der Waals surface area contributed by atoms with Crippen LogP contribution in [0.3, 0.4) is 0 Å². The summed E-state index contributed by atoms with van der Waals surface area (Å²) in [4.78, 5) is 14.4. The van der Waals surface area contributed by atoms with E-state index in [1.54, 1.807) is 0 Å². The number of benzene rings is 1. The number of para-hydroxylation sites is 1. The van der Waals surface area contributed by atoms with Crippen molar-refractivity contribution in [1.82, 2.24) is 4.90 Å². The van der Waals surface area contributed by atoms with Crippen LogP contribution < -0.4 is 11.1 Å². The number of carbonyl (C=O) groups excluding carboxylic acids is 1. The van der Waals surface area contributed by atoms with Crippen LogP contribution in [0.15, 0.2) is 24.3 Å². The molecule has 3 N–H and O–H groups in total. The number of nitrogens with zero attached hydrogens (tertiary/aromatic N) is 1. The molecule has 1 amide bonds. The Bertz CT molecular complexity index is 491. The Morgan fingerprint density at radius 3 is 2.64 bits per heavy atom. The van der Waals surface area contributed by atoms with E-state index in [-0.39, 0.29) is 24.4 Å². The SMILES string of the molecule is CC(C)c1ccccc1NC(=O)CN1CCC(C(C)N)C1.Cl. The summed E-state index contributed by atoms with van der Waals surface area (Å²) in [5, 5.41) is 3.05. The minimum atomic E-state index is 0. The Hall–Kier alpha value is -1.10. The van der Waals surface area contributed by atoms with Crippen molar-refractivity contribution in [1.29, 1.82) is 0 Å². The average molecular weight is 326 g/mol. The van der Waals surface area contributed by atoms with Crippen LogP contribution in [0, 0.1) is 5.92 Å². The van der Waals surface area contributed by atoms with Crippen LogP contribution in [0.25, 0.3) is 0 Å². The maximum Gasteiger partial charge on any atom is 0.238 e. The van der Waals surface area contributed by atoms with E-state index in [1.165, 1.54) is 5.56 Å². The first kappa shape index (κ1) is 18.9. The highest BCUT2D eigenvalue weighted by atomic mass is 35.5. The van der Waals surface area contributed by atoms with Gasteiger partial charge >= 0.3 is 0 Å². The lowest BCUT2D eigenvalue weighted by Crippen LogP contribution is -2.34. The first-order valence-corrected chi connectivity index (χ1v) is 7.84. The molecule has 0 aliphatic carbocycles. The van der Waals surface area contributed by atoms with E-state index in [0.29, 0.717) is 18.4 Å². The Kier molecular flexibility index (Phi) is 7.33. The van der Waals surface area contributed by atoms with Crippen LogP contribution in [0.2, 0.25) is 0 Å². The molecule has 1 aromatic carbocycles. The lowest BCUT2D eigenvalue weighted by Gasteiger charge is -2.18. The fourth-order valence-electron chi connectivity index (χ4n) is 2.94. The van der Waals surface area contributed by atoms with Crippen LogP contribution in [0.4, 0.5) is 5.69 Å². The van der Waals surface area contributed by atoms with Gasteiger partial charge in [0.1, 0.15) is 0 Å². The van der Waals surface area contributed by atoms with Crippen molar-refractivity contribution in [3.05, 3.63) is 29.8 Å². The highest BCUT2D eigenvalue weighted by Gasteiger charge is 2.26. The molecule has 2 rings (SSSR count). The summed E-state index contributed by atoms with van der Waals surface area (Å²) >= 11 is 0. The molecule has 0 radical (unpaired) electrons. The van der Waals surface area contributed by atoms with Crippen LogP contribution in [0.5, 0.6) is 0 Å². The van der Waals surface area contributed by atoms with Crippen molar-refractivity contribution >= 4 is 24.0 Å². The Morgan fingerprint density at radius 1 is 1.36 bits per heavy atom. The average Bonchev–Trinajstić information content (AvgIpc) is 2.87. The van der Waals surface area contributed by atoms with Gasteiger partial charge in [0.25, 0.3) is 0 Å². The van der Waals surface area contributed by atoms with E-state index in [2.05, 4.69) is 30.1 Å². The van der Waals surface area contributed by atoms with Gasteiger partial charge in [-0.2, -0.15) is 0 Å². The third-order valence-corrected chi connectivity index (χ3v) is 4.28. The molecule has 0 aromatic heterocycles. The molecule has 0 bridgehead atoms. The largest absolute Gasteiger partial charge is 0.328 e. The molecule has 0 spiro atoms. The molecule has 124 valence electrons. The van der Waals surface area contributed by atoms with Crippen LogP contribution in [-0.4, -0.2) is 36.5 Å². The molecule has 1 aromatic rings. The monoisotopic (exact) mass is 325 g/mol. The molecule has 5 heteroatoms. The third-order valence-electron chi connectivity index (χ3n) is 4.28. The number of hydrogen-bond acceptors (Lipinski definition) is 3. The van der Waals surface area contributed by atoms with E-state index < -0.39 is 0 Å². The summed E-state index contributed by atoms with van der Waals surface area (Å²) in [7, 11) is 0. The number of halogens is 1. The predicted molar refractivity (Wildman–Crippen MR) is 94.6 cm³/mol. The van der Waals surface area contributed by atoms with Gasteiger partial charge in [0.2, 0.25) is 5.91 Å². The second kappa shape index (κ2) is 8.51. The molecular weight excluding hydrogens is 298 g/mol. The zero-order valence-corrected chi connectivity index (χ0v) is 14.5. The van der Waals surface area contributed by atoms with E-state index in [0.717, 1.165) is 25.2 Å². The summed E-state index contributed by atoms with van der Waals surface area (Å²) in [5.41, 5.74) is 8.05. The first-order valence-electron chi connectivity index (χ1n) is 7.84. The number of nitrogens with one attached hydrogen (secondary N) is 1. The predicted octanol–water partition coefficient (Wildman–Crippen LogP) is 2.84. The number of carbonyl (C=O) groups is 1. The maximum atomic E-state index is 12.2. The molecule has 2 unspecified atom stereocenters. The number of nitrogens with two attached hydrogens (primary N) is 1. The Morgan fingerprint density at radius 2 is 2.05 bits per heavy atom. The van der Waals surface area contributed by atoms with Gasteiger partial charge in [-0.05, 0) is 43.4 Å². The lowest BCUT2D eigenvalue weighted by molar-refractivity contribution is -0.117. The minimum Gasteiger partial charge on any atom is -0.328 e. The molecule has 1 fully saturated rings. The van der Waals surface area contributed by atoms with Crippen molar-refractivity contribution in [2.45, 2.75) is 39.2 Å².